The van der Waals surface area contributed by atoms with Crippen molar-refractivity contribution in [2.45, 2.75) is 39.2 Å². The Bertz CT molecular complexity index is 436. The molecule has 1 fully saturated rings. The summed E-state index contributed by atoms with van der Waals surface area (Å²) in [5.41, 5.74) is 7.84. The maximum atomic E-state index is 12.5. The molecule has 0 aliphatic carbocycles. The molecule has 4 heteroatoms. The molecule has 4 nitrogen and oxygen atoms in total. The van der Waals surface area contributed by atoms with Crippen LogP contribution in [0.3, 0.4) is 0 Å². The molecule has 1 heterocycles. The van der Waals surface area contributed by atoms with Gasteiger partial charge in [0.25, 0.3) is 0 Å². The van der Waals surface area contributed by atoms with Crippen LogP contribution in [-0.4, -0.2) is 37.0 Å². The first-order chi connectivity index (χ1) is 10.2. The first-order valence-corrected chi connectivity index (χ1v) is 8.06. The summed E-state index contributed by atoms with van der Waals surface area (Å²) in [7, 11) is 0. The summed E-state index contributed by atoms with van der Waals surface area (Å²) in [4.78, 5) is 16.6. The minimum Gasteiger partial charge on any atom is -0.362 e. The zero-order valence-corrected chi connectivity index (χ0v) is 13.1. The molecule has 0 saturated carbocycles. The predicted molar refractivity (Wildman–Crippen MR) is 87.3 cm³/mol. The van der Waals surface area contributed by atoms with Crippen LogP contribution < -0.4 is 10.6 Å². The summed E-state index contributed by atoms with van der Waals surface area (Å²) < 4.78 is 0. The Hall–Kier alpha value is -1.55. The van der Waals surface area contributed by atoms with E-state index in [1.807, 2.05) is 17.0 Å². The van der Waals surface area contributed by atoms with Crippen molar-refractivity contribution >= 4 is 11.6 Å². The van der Waals surface area contributed by atoms with E-state index in [1.54, 1.807) is 0 Å². The molecule has 0 unspecified atom stereocenters. The van der Waals surface area contributed by atoms with Crippen LogP contribution in [0.15, 0.2) is 24.3 Å². The zero-order valence-electron chi connectivity index (χ0n) is 13.1. The first-order valence-electron chi connectivity index (χ1n) is 8.06. The number of likely N-dealkylation sites (tertiary alicyclic amines) is 1. The van der Waals surface area contributed by atoms with Crippen LogP contribution in [0, 0.1) is 0 Å². The number of nitrogens with zero attached hydrogens (tertiary/aromatic N) is 2. The van der Waals surface area contributed by atoms with Gasteiger partial charge in [0.1, 0.15) is 0 Å². The molecule has 1 saturated heterocycles. The number of hydrogen-bond donors (Lipinski definition) is 1. The quantitative estimate of drug-likeness (QED) is 0.905. The second-order valence-corrected chi connectivity index (χ2v) is 5.68. The van der Waals surface area contributed by atoms with Gasteiger partial charge in [0, 0.05) is 31.9 Å². The SMILES string of the molecule is CCN(CC(=O)N1CCCCCC1)c1ccc(CN)cc1. The van der Waals surface area contributed by atoms with Crippen LogP contribution >= 0.6 is 0 Å². The molecule has 1 aliphatic heterocycles. The third-order valence-electron chi connectivity index (χ3n) is 4.20. The lowest BCUT2D eigenvalue weighted by Gasteiger charge is -2.27. The van der Waals surface area contributed by atoms with Gasteiger partial charge in [-0.25, -0.2) is 0 Å². The Morgan fingerprint density at radius 3 is 2.29 bits per heavy atom. The number of benzene rings is 1. The maximum absolute atomic E-state index is 12.5. The van der Waals surface area contributed by atoms with E-state index in [-0.39, 0.29) is 5.91 Å². The summed E-state index contributed by atoms with van der Waals surface area (Å²) in [5.74, 6) is 0.252. The van der Waals surface area contributed by atoms with E-state index in [4.69, 9.17) is 5.73 Å². The zero-order chi connectivity index (χ0) is 15.1. The first kappa shape index (κ1) is 15.8. The van der Waals surface area contributed by atoms with E-state index in [0.29, 0.717) is 13.1 Å². The van der Waals surface area contributed by atoms with E-state index in [9.17, 15) is 4.79 Å². The molecule has 0 bridgehead atoms. The van der Waals surface area contributed by atoms with Crippen LogP contribution in [-0.2, 0) is 11.3 Å². The Morgan fingerprint density at radius 2 is 1.76 bits per heavy atom. The molecule has 1 aromatic carbocycles. The highest BCUT2D eigenvalue weighted by Crippen LogP contribution is 2.16. The lowest BCUT2D eigenvalue weighted by atomic mass is 10.2. The number of carbonyl (C=O) groups excluding carboxylic acids is 1. The fourth-order valence-corrected chi connectivity index (χ4v) is 2.81. The summed E-state index contributed by atoms with van der Waals surface area (Å²) >= 11 is 0. The van der Waals surface area contributed by atoms with Gasteiger partial charge in [-0.2, -0.15) is 0 Å². The predicted octanol–water partition coefficient (Wildman–Crippen LogP) is 2.37. The van der Waals surface area contributed by atoms with E-state index in [0.717, 1.165) is 43.7 Å². The molecule has 1 amide bonds. The molecule has 1 aliphatic rings. The maximum Gasteiger partial charge on any atom is 0.242 e. The smallest absolute Gasteiger partial charge is 0.242 e. The molecule has 116 valence electrons. The minimum atomic E-state index is 0.252. The molecule has 2 rings (SSSR count). The minimum absolute atomic E-state index is 0.252. The molecule has 0 aromatic heterocycles. The second kappa shape index (κ2) is 8.03. The number of nitrogens with two attached hydrogens (primary N) is 1. The van der Waals surface area contributed by atoms with E-state index < -0.39 is 0 Å². The van der Waals surface area contributed by atoms with Gasteiger partial charge in [-0.15, -0.1) is 0 Å². The summed E-state index contributed by atoms with van der Waals surface area (Å²) in [6.45, 7) is 5.79. The summed E-state index contributed by atoms with van der Waals surface area (Å²) in [5, 5.41) is 0. The molecular formula is C17H27N3O. The van der Waals surface area contributed by atoms with Gasteiger partial charge in [0.2, 0.25) is 5.91 Å². The molecule has 21 heavy (non-hydrogen) atoms. The average molecular weight is 289 g/mol. The number of rotatable bonds is 5. The molecule has 1 aromatic rings. The van der Waals surface area contributed by atoms with Crippen molar-refractivity contribution in [1.29, 1.82) is 0 Å². The van der Waals surface area contributed by atoms with E-state index in [2.05, 4.69) is 24.0 Å². The summed E-state index contributed by atoms with van der Waals surface area (Å²) in [6, 6.07) is 8.19. The van der Waals surface area contributed by atoms with Crippen LogP contribution in [0.1, 0.15) is 38.2 Å². The number of hydrogen-bond acceptors (Lipinski definition) is 3. The van der Waals surface area contributed by atoms with Crippen molar-refractivity contribution in [1.82, 2.24) is 4.90 Å². The number of carbonyl (C=O) groups is 1. The molecule has 0 atom stereocenters. The van der Waals surface area contributed by atoms with Crippen LogP contribution in [0.5, 0.6) is 0 Å². The van der Waals surface area contributed by atoms with Crippen LogP contribution in [0.2, 0.25) is 0 Å². The average Bonchev–Trinajstić information content (AvgIpc) is 2.82. The van der Waals surface area contributed by atoms with Crippen molar-refractivity contribution in [2.24, 2.45) is 5.73 Å². The Labute approximate surface area is 127 Å². The molecule has 0 spiro atoms. The molecular weight excluding hydrogens is 262 g/mol. The van der Waals surface area contributed by atoms with Crippen molar-refractivity contribution in [3.63, 3.8) is 0 Å². The van der Waals surface area contributed by atoms with Gasteiger partial charge >= 0.3 is 0 Å². The van der Waals surface area contributed by atoms with Crippen LogP contribution in [0.4, 0.5) is 5.69 Å². The molecule has 2 N–H and O–H groups in total. The summed E-state index contributed by atoms with van der Waals surface area (Å²) in [6.07, 6.45) is 4.79. The van der Waals surface area contributed by atoms with Gasteiger partial charge < -0.3 is 15.5 Å². The number of amides is 1. The Kier molecular flexibility index (Phi) is 6.05. The Morgan fingerprint density at radius 1 is 1.14 bits per heavy atom. The second-order valence-electron chi connectivity index (χ2n) is 5.68. The third kappa shape index (κ3) is 4.46. The van der Waals surface area contributed by atoms with Gasteiger partial charge in [-0.3, -0.25) is 4.79 Å². The number of likely N-dealkylation sites (N-methyl/N-ethyl adjacent to an activating group) is 1. The van der Waals surface area contributed by atoms with Crippen molar-refractivity contribution in [2.75, 3.05) is 31.1 Å². The van der Waals surface area contributed by atoms with Gasteiger partial charge in [-0.1, -0.05) is 25.0 Å². The van der Waals surface area contributed by atoms with Gasteiger partial charge in [-0.05, 0) is 37.5 Å². The van der Waals surface area contributed by atoms with Gasteiger partial charge in [0.15, 0.2) is 0 Å². The fourth-order valence-electron chi connectivity index (χ4n) is 2.81. The third-order valence-corrected chi connectivity index (χ3v) is 4.20. The Balaban J connectivity index is 1.98. The van der Waals surface area contributed by atoms with Crippen LogP contribution in [0.25, 0.3) is 0 Å². The highest BCUT2D eigenvalue weighted by Gasteiger charge is 2.18. The number of anilines is 1. The van der Waals surface area contributed by atoms with E-state index >= 15 is 0 Å². The normalized spacial score (nSPS) is 15.6. The lowest BCUT2D eigenvalue weighted by Crippen LogP contribution is -2.41. The standard InChI is InChI=1S/C17H27N3O/c1-2-19(16-9-7-15(13-18)8-10-16)14-17(21)20-11-5-3-4-6-12-20/h7-10H,2-6,11-14,18H2,1H3. The van der Waals surface area contributed by atoms with Crippen molar-refractivity contribution in [3.8, 4) is 0 Å². The van der Waals surface area contributed by atoms with E-state index in [1.165, 1.54) is 12.8 Å². The highest BCUT2D eigenvalue weighted by atomic mass is 16.2. The van der Waals surface area contributed by atoms with Crippen molar-refractivity contribution < 1.29 is 4.79 Å². The lowest BCUT2D eigenvalue weighted by molar-refractivity contribution is -0.129. The topological polar surface area (TPSA) is 49.6 Å². The molecule has 0 radical (unpaired) electrons. The van der Waals surface area contributed by atoms with Crippen molar-refractivity contribution in [3.05, 3.63) is 29.8 Å². The monoisotopic (exact) mass is 289 g/mol. The largest absolute Gasteiger partial charge is 0.362 e. The highest BCUT2D eigenvalue weighted by molar-refractivity contribution is 5.81. The fraction of sp³-hybridized carbons (Fsp3) is 0.588. The van der Waals surface area contributed by atoms with Gasteiger partial charge in [0.05, 0.1) is 6.54 Å².